The van der Waals surface area contributed by atoms with E-state index < -0.39 is 0 Å². The number of hydrogen-bond donors (Lipinski definition) is 1. The molecular weight excluding hydrogens is 384 g/mol. The molecule has 0 spiro atoms. The van der Waals surface area contributed by atoms with E-state index in [4.69, 9.17) is 9.15 Å². The van der Waals surface area contributed by atoms with Gasteiger partial charge in [0.25, 0.3) is 0 Å². The van der Waals surface area contributed by atoms with Crippen LogP contribution in [0.1, 0.15) is 12.3 Å². The summed E-state index contributed by atoms with van der Waals surface area (Å²) in [5.74, 6) is 1.85. The topological polar surface area (TPSA) is 64.4 Å². The predicted molar refractivity (Wildman–Crippen MR) is 99.6 cm³/mol. The van der Waals surface area contributed by atoms with Crippen molar-refractivity contribution in [1.82, 2.24) is 4.98 Å². The molecule has 3 aromatic rings. The Morgan fingerprint density at radius 1 is 1.24 bits per heavy atom. The first kappa shape index (κ1) is 17.2. The van der Waals surface area contributed by atoms with Crippen LogP contribution in [0.15, 0.2) is 63.6 Å². The highest BCUT2D eigenvalue weighted by atomic mass is 79.9. The van der Waals surface area contributed by atoms with Crippen LogP contribution in [0.25, 0.3) is 11.3 Å². The zero-order chi connectivity index (χ0) is 17.6. The average molecular weight is 401 g/mol. The second kappa shape index (κ2) is 7.98. The summed E-state index contributed by atoms with van der Waals surface area (Å²) < 4.78 is 11.9. The van der Waals surface area contributed by atoms with Crippen molar-refractivity contribution in [2.45, 2.75) is 12.8 Å². The Kier molecular flexibility index (Phi) is 5.50. The lowest BCUT2D eigenvalue weighted by Crippen LogP contribution is -2.12. The van der Waals surface area contributed by atoms with Crippen molar-refractivity contribution in [3.05, 3.63) is 65.1 Å². The fraction of sp³-hybridized carbons (Fsp3) is 0.158. The van der Waals surface area contributed by atoms with Crippen LogP contribution in [0.2, 0.25) is 0 Å². The Labute approximate surface area is 154 Å². The number of benzene rings is 2. The number of nitrogens with one attached hydrogen (secondary N) is 1. The standard InChI is InChI=1S/C19H17BrN2O3/c1-24-16-7-2-4-13(10-16)17-12-21-19(25-17)9-8-18(23)22-15-6-3-5-14(20)11-15/h2-7,10-12H,8-9H2,1H3,(H,22,23). The summed E-state index contributed by atoms with van der Waals surface area (Å²) in [6, 6.07) is 15.0. The van der Waals surface area contributed by atoms with Gasteiger partial charge in [-0.1, -0.05) is 34.1 Å². The number of amides is 1. The first-order chi connectivity index (χ1) is 12.1. The van der Waals surface area contributed by atoms with Gasteiger partial charge in [-0.25, -0.2) is 4.98 Å². The number of carbonyl (C=O) groups is 1. The van der Waals surface area contributed by atoms with Gasteiger partial charge in [0.15, 0.2) is 11.7 Å². The van der Waals surface area contributed by atoms with Gasteiger partial charge in [-0.05, 0) is 30.3 Å². The smallest absolute Gasteiger partial charge is 0.224 e. The van der Waals surface area contributed by atoms with Gasteiger partial charge in [0, 0.05) is 28.6 Å². The number of halogens is 1. The fourth-order valence-corrected chi connectivity index (χ4v) is 2.75. The normalized spacial score (nSPS) is 10.5. The van der Waals surface area contributed by atoms with Crippen molar-refractivity contribution in [3.63, 3.8) is 0 Å². The molecule has 0 fully saturated rings. The molecule has 0 unspecified atom stereocenters. The van der Waals surface area contributed by atoms with Gasteiger partial charge in [-0.3, -0.25) is 4.79 Å². The largest absolute Gasteiger partial charge is 0.497 e. The Hall–Kier alpha value is -2.60. The molecule has 0 aliphatic rings. The van der Waals surface area contributed by atoms with Gasteiger partial charge in [0.05, 0.1) is 13.3 Å². The van der Waals surface area contributed by atoms with Crippen molar-refractivity contribution in [2.75, 3.05) is 12.4 Å². The van der Waals surface area contributed by atoms with Gasteiger partial charge < -0.3 is 14.5 Å². The van der Waals surface area contributed by atoms with Crippen molar-refractivity contribution in [2.24, 2.45) is 0 Å². The van der Waals surface area contributed by atoms with E-state index >= 15 is 0 Å². The molecule has 0 saturated carbocycles. The Morgan fingerprint density at radius 3 is 2.88 bits per heavy atom. The number of rotatable bonds is 6. The van der Waals surface area contributed by atoms with E-state index in [1.807, 2.05) is 48.5 Å². The molecule has 2 aromatic carbocycles. The second-order valence-corrected chi connectivity index (χ2v) is 6.32. The minimum atomic E-state index is -0.0840. The average Bonchev–Trinajstić information content (AvgIpc) is 3.09. The Bertz CT molecular complexity index is 876. The third kappa shape index (κ3) is 4.70. The molecule has 0 saturated heterocycles. The van der Waals surface area contributed by atoms with Crippen LogP contribution >= 0.6 is 15.9 Å². The highest BCUT2D eigenvalue weighted by Gasteiger charge is 2.10. The van der Waals surface area contributed by atoms with Crippen LogP contribution in [0.4, 0.5) is 5.69 Å². The number of methoxy groups -OCH3 is 1. The zero-order valence-corrected chi connectivity index (χ0v) is 15.2. The van der Waals surface area contributed by atoms with Crippen LogP contribution in [0.3, 0.4) is 0 Å². The fourth-order valence-electron chi connectivity index (χ4n) is 2.35. The lowest BCUT2D eigenvalue weighted by molar-refractivity contribution is -0.116. The van der Waals surface area contributed by atoms with Gasteiger partial charge in [-0.2, -0.15) is 0 Å². The number of aryl methyl sites for hydroxylation is 1. The van der Waals surface area contributed by atoms with E-state index in [2.05, 4.69) is 26.2 Å². The number of ether oxygens (including phenoxy) is 1. The van der Waals surface area contributed by atoms with Gasteiger partial charge in [0.1, 0.15) is 5.75 Å². The number of carbonyl (C=O) groups excluding carboxylic acids is 1. The minimum absolute atomic E-state index is 0.0840. The molecule has 1 N–H and O–H groups in total. The molecule has 0 aliphatic heterocycles. The summed E-state index contributed by atoms with van der Waals surface area (Å²) in [7, 11) is 1.62. The predicted octanol–water partition coefficient (Wildman–Crippen LogP) is 4.68. The van der Waals surface area contributed by atoms with Crippen LogP contribution < -0.4 is 10.1 Å². The minimum Gasteiger partial charge on any atom is -0.497 e. The summed E-state index contributed by atoms with van der Waals surface area (Å²) in [5, 5.41) is 2.85. The van der Waals surface area contributed by atoms with E-state index in [0.29, 0.717) is 24.5 Å². The molecule has 1 heterocycles. The number of aromatic nitrogens is 1. The SMILES string of the molecule is COc1cccc(-c2cnc(CCC(=O)Nc3cccc(Br)c3)o2)c1. The zero-order valence-electron chi connectivity index (χ0n) is 13.7. The number of oxazole rings is 1. The summed E-state index contributed by atoms with van der Waals surface area (Å²) in [6.07, 6.45) is 2.39. The van der Waals surface area contributed by atoms with E-state index in [0.717, 1.165) is 21.5 Å². The van der Waals surface area contributed by atoms with E-state index in [1.54, 1.807) is 13.3 Å². The molecule has 6 heteroatoms. The van der Waals surface area contributed by atoms with Crippen LogP contribution in [-0.4, -0.2) is 18.0 Å². The summed E-state index contributed by atoms with van der Waals surface area (Å²) >= 11 is 3.38. The molecule has 25 heavy (non-hydrogen) atoms. The maximum absolute atomic E-state index is 12.0. The van der Waals surface area contributed by atoms with Crippen molar-refractivity contribution < 1.29 is 13.9 Å². The van der Waals surface area contributed by atoms with Crippen LogP contribution in [0, 0.1) is 0 Å². The number of nitrogens with zero attached hydrogens (tertiary/aromatic N) is 1. The summed E-state index contributed by atoms with van der Waals surface area (Å²) in [4.78, 5) is 16.3. The molecular formula is C19H17BrN2O3. The van der Waals surface area contributed by atoms with E-state index in [-0.39, 0.29) is 5.91 Å². The van der Waals surface area contributed by atoms with E-state index in [1.165, 1.54) is 0 Å². The number of anilines is 1. The monoisotopic (exact) mass is 400 g/mol. The van der Waals surface area contributed by atoms with Gasteiger partial charge in [0.2, 0.25) is 5.91 Å². The molecule has 0 radical (unpaired) electrons. The van der Waals surface area contributed by atoms with Crippen LogP contribution in [0.5, 0.6) is 5.75 Å². The lowest BCUT2D eigenvalue weighted by atomic mass is 10.2. The molecule has 0 aliphatic carbocycles. The number of hydrogen-bond acceptors (Lipinski definition) is 4. The second-order valence-electron chi connectivity index (χ2n) is 5.41. The third-order valence-corrected chi connectivity index (χ3v) is 4.08. The van der Waals surface area contributed by atoms with Gasteiger partial charge in [-0.15, -0.1) is 0 Å². The van der Waals surface area contributed by atoms with Crippen molar-refractivity contribution in [1.29, 1.82) is 0 Å². The maximum atomic E-state index is 12.0. The Balaban J connectivity index is 1.59. The molecule has 128 valence electrons. The van der Waals surface area contributed by atoms with Gasteiger partial charge >= 0.3 is 0 Å². The van der Waals surface area contributed by atoms with Crippen molar-refractivity contribution >= 4 is 27.5 Å². The highest BCUT2D eigenvalue weighted by Crippen LogP contribution is 2.24. The molecule has 1 aromatic heterocycles. The summed E-state index contributed by atoms with van der Waals surface area (Å²) in [6.45, 7) is 0. The first-order valence-corrected chi connectivity index (χ1v) is 8.58. The lowest BCUT2D eigenvalue weighted by Gasteiger charge is -2.04. The Morgan fingerprint density at radius 2 is 2.08 bits per heavy atom. The van der Waals surface area contributed by atoms with Crippen LogP contribution in [-0.2, 0) is 11.2 Å². The molecule has 0 bridgehead atoms. The maximum Gasteiger partial charge on any atom is 0.224 e. The highest BCUT2D eigenvalue weighted by molar-refractivity contribution is 9.10. The molecule has 0 atom stereocenters. The summed E-state index contributed by atoms with van der Waals surface area (Å²) in [5.41, 5.74) is 1.64. The first-order valence-electron chi connectivity index (χ1n) is 7.78. The van der Waals surface area contributed by atoms with Crippen molar-refractivity contribution in [3.8, 4) is 17.1 Å². The quantitative estimate of drug-likeness (QED) is 0.651. The molecule has 1 amide bonds. The third-order valence-electron chi connectivity index (χ3n) is 3.58. The van der Waals surface area contributed by atoms with E-state index in [9.17, 15) is 4.79 Å². The molecule has 5 nitrogen and oxygen atoms in total. The molecule has 3 rings (SSSR count).